The van der Waals surface area contributed by atoms with Crippen LogP contribution in [0.2, 0.25) is 0 Å². The Morgan fingerprint density at radius 3 is 2.65 bits per heavy atom. The molecule has 90 valence electrons. The number of nitrogens with zero attached hydrogens (tertiary/aromatic N) is 2. The zero-order chi connectivity index (χ0) is 12.5. The molecule has 0 spiro atoms. The van der Waals surface area contributed by atoms with E-state index < -0.39 is 0 Å². The monoisotopic (exact) mass is 232 g/mol. The van der Waals surface area contributed by atoms with Crippen LogP contribution in [0.3, 0.4) is 0 Å². The number of hydrogen-bond donors (Lipinski definition) is 0. The van der Waals surface area contributed by atoms with Crippen LogP contribution in [-0.2, 0) is 4.79 Å². The van der Waals surface area contributed by atoms with Crippen molar-refractivity contribution in [3.05, 3.63) is 30.1 Å². The van der Waals surface area contributed by atoms with Gasteiger partial charge in [-0.2, -0.15) is 0 Å². The van der Waals surface area contributed by atoms with E-state index in [1.165, 1.54) is 0 Å². The van der Waals surface area contributed by atoms with Gasteiger partial charge >= 0.3 is 0 Å². The summed E-state index contributed by atoms with van der Waals surface area (Å²) in [5.74, 6) is 0.0391. The van der Waals surface area contributed by atoms with Crippen molar-refractivity contribution in [3.8, 4) is 0 Å². The van der Waals surface area contributed by atoms with E-state index in [1.807, 2.05) is 13.8 Å². The Morgan fingerprint density at radius 1 is 1.35 bits per heavy atom. The Hall–Kier alpha value is -1.71. The van der Waals surface area contributed by atoms with Crippen molar-refractivity contribution in [1.29, 1.82) is 0 Å². The molecule has 2 heterocycles. The van der Waals surface area contributed by atoms with E-state index >= 15 is 0 Å². The highest BCUT2D eigenvalue weighted by atomic mass is 16.2. The molecule has 1 aromatic heterocycles. The fourth-order valence-corrected chi connectivity index (χ4v) is 2.05. The van der Waals surface area contributed by atoms with Crippen LogP contribution in [0.1, 0.15) is 37.0 Å². The van der Waals surface area contributed by atoms with Crippen molar-refractivity contribution in [3.63, 3.8) is 0 Å². The summed E-state index contributed by atoms with van der Waals surface area (Å²) in [5, 5.41) is 0. The first-order valence-corrected chi connectivity index (χ1v) is 5.74. The third-order valence-corrected chi connectivity index (χ3v) is 3.25. The average molecular weight is 232 g/mol. The number of carbonyl (C=O) groups excluding carboxylic acids is 2. The normalized spacial score (nSPS) is 19.2. The summed E-state index contributed by atoms with van der Waals surface area (Å²) in [6.07, 6.45) is 4.47. The van der Waals surface area contributed by atoms with Crippen LogP contribution in [0.5, 0.6) is 0 Å². The first-order chi connectivity index (χ1) is 8.00. The predicted octanol–water partition coefficient (Wildman–Crippen LogP) is 1.67. The summed E-state index contributed by atoms with van der Waals surface area (Å²) in [6, 6.07) is 3.36. The van der Waals surface area contributed by atoms with Crippen LogP contribution in [-0.4, -0.2) is 33.7 Å². The summed E-state index contributed by atoms with van der Waals surface area (Å²) in [6.45, 7) is 4.21. The minimum Gasteiger partial charge on any atom is -0.326 e. The average Bonchev–Trinajstić information content (AvgIpc) is 2.33. The lowest BCUT2D eigenvalue weighted by atomic mass is 9.89. The highest BCUT2D eigenvalue weighted by molar-refractivity contribution is 5.97. The molecule has 0 N–H and O–H groups in total. The molecule has 4 heteroatoms. The fraction of sp³-hybridized carbons (Fsp3) is 0.462. The molecule has 0 unspecified atom stereocenters. The van der Waals surface area contributed by atoms with Crippen LogP contribution in [0, 0.1) is 0 Å². The number of aromatic nitrogens is 1. The molecule has 0 radical (unpaired) electrons. The molecule has 0 atom stereocenters. The maximum absolute atomic E-state index is 12.3. The molecule has 0 aliphatic carbocycles. The van der Waals surface area contributed by atoms with E-state index in [4.69, 9.17) is 0 Å². The molecule has 0 aromatic carbocycles. The van der Waals surface area contributed by atoms with Gasteiger partial charge in [0.2, 0.25) is 0 Å². The van der Waals surface area contributed by atoms with Gasteiger partial charge in [-0.3, -0.25) is 14.6 Å². The number of rotatable bonds is 1. The summed E-state index contributed by atoms with van der Waals surface area (Å²) in [4.78, 5) is 29.3. The molecule has 0 saturated carbocycles. The zero-order valence-electron chi connectivity index (χ0n) is 10.1. The van der Waals surface area contributed by atoms with E-state index in [-0.39, 0.29) is 23.8 Å². The van der Waals surface area contributed by atoms with Crippen LogP contribution in [0.25, 0.3) is 0 Å². The second-order valence-electron chi connectivity index (χ2n) is 4.98. The Morgan fingerprint density at radius 2 is 2.00 bits per heavy atom. The molecule has 2 rings (SSSR count). The highest BCUT2D eigenvalue weighted by Crippen LogP contribution is 2.27. The molecule has 1 aliphatic heterocycles. The van der Waals surface area contributed by atoms with Gasteiger partial charge < -0.3 is 4.90 Å². The molecular formula is C13H16N2O2. The van der Waals surface area contributed by atoms with E-state index in [0.717, 1.165) is 6.42 Å². The van der Waals surface area contributed by atoms with Crippen LogP contribution in [0.4, 0.5) is 0 Å². The van der Waals surface area contributed by atoms with E-state index in [1.54, 1.807) is 29.4 Å². The van der Waals surface area contributed by atoms with Crippen LogP contribution >= 0.6 is 0 Å². The molecule has 17 heavy (non-hydrogen) atoms. The maximum atomic E-state index is 12.3. The van der Waals surface area contributed by atoms with E-state index in [0.29, 0.717) is 12.0 Å². The standard InChI is InChI=1S/C13H16N2O2/c1-13(2)6-3-11(16)9-15(13)12(17)10-4-7-14-8-5-10/h4-5,7-8H,3,6,9H2,1-2H3. The second kappa shape index (κ2) is 4.28. The van der Waals surface area contributed by atoms with Crippen molar-refractivity contribution in [2.24, 2.45) is 0 Å². The molecular weight excluding hydrogens is 216 g/mol. The SMILES string of the molecule is CC1(C)CCC(=O)CN1C(=O)c1ccncc1. The van der Waals surface area contributed by atoms with E-state index in [2.05, 4.69) is 4.98 Å². The molecule has 1 aliphatic rings. The molecule has 1 amide bonds. The second-order valence-corrected chi connectivity index (χ2v) is 4.98. The molecule has 4 nitrogen and oxygen atoms in total. The predicted molar refractivity (Wildman–Crippen MR) is 63.6 cm³/mol. The van der Waals surface area contributed by atoms with Gasteiger partial charge in [-0.15, -0.1) is 0 Å². The lowest BCUT2D eigenvalue weighted by Gasteiger charge is -2.41. The van der Waals surface area contributed by atoms with Crippen molar-refractivity contribution < 1.29 is 9.59 Å². The van der Waals surface area contributed by atoms with Gasteiger partial charge in [0.25, 0.3) is 5.91 Å². The summed E-state index contributed by atoms with van der Waals surface area (Å²) >= 11 is 0. The third-order valence-electron chi connectivity index (χ3n) is 3.25. The first kappa shape index (κ1) is 11.8. The Balaban J connectivity index is 2.26. The topological polar surface area (TPSA) is 50.3 Å². The number of piperidine rings is 1. The van der Waals surface area contributed by atoms with Gasteiger partial charge in [-0.1, -0.05) is 0 Å². The highest BCUT2D eigenvalue weighted by Gasteiger charge is 2.36. The molecule has 1 saturated heterocycles. The number of carbonyl (C=O) groups is 2. The van der Waals surface area contributed by atoms with Gasteiger partial charge in [0.1, 0.15) is 0 Å². The summed E-state index contributed by atoms with van der Waals surface area (Å²) < 4.78 is 0. The quantitative estimate of drug-likeness (QED) is 0.740. The minimum atomic E-state index is -0.256. The van der Waals surface area contributed by atoms with Gasteiger partial charge in [0.05, 0.1) is 6.54 Å². The lowest BCUT2D eigenvalue weighted by molar-refractivity contribution is -0.124. The Kier molecular flexibility index (Phi) is 2.96. The summed E-state index contributed by atoms with van der Waals surface area (Å²) in [7, 11) is 0. The van der Waals surface area contributed by atoms with Crippen LogP contribution < -0.4 is 0 Å². The molecule has 1 aromatic rings. The smallest absolute Gasteiger partial charge is 0.254 e. The van der Waals surface area contributed by atoms with Crippen molar-refractivity contribution in [1.82, 2.24) is 9.88 Å². The number of ketones is 1. The van der Waals surface area contributed by atoms with Gasteiger partial charge in [-0.25, -0.2) is 0 Å². The molecule has 0 bridgehead atoms. The number of hydrogen-bond acceptors (Lipinski definition) is 3. The Bertz CT molecular complexity index is 440. The largest absolute Gasteiger partial charge is 0.326 e. The number of likely N-dealkylation sites (tertiary alicyclic amines) is 1. The third kappa shape index (κ3) is 2.35. The van der Waals surface area contributed by atoms with Crippen molar-refractivity contribution in [2.75, 3.05) is 6.54 Å². The number of Topliss-reactive ketones (excluding diaryl/α,β-unsaturated/α-hetero) is 1. The summed E-state index contributed by atoms with van der Waals surface area (Å²) in [5.41, 5.74) is 0.330. The molecule has 1 fully saturated rings. The minimum absolute atomic E-state index is 0.0922. The zero-order valence-corrected chi connectivity index (χ0v) is 10.1. The van der Waals surface area contributed by atoms with Gasteiger partial charge in [-0.05, 0) is 32.4 Å². The number of pyridine rings is 1. The fourth-order valence-electron chi connectivity index (χ4n) is 2.05. The van der Waals surface area contributed by atoms with Crippen molar-refractivity contribution >= 4 is 11.7 Å². The van der Waals surface area contributed by atoms with Gasteiger partial charge in [0, 0.05) is 29.9 Å². The maximum Gasteiger partial charge on any atom is 0.254 e. The Labute approximate surface area is 101 Å². The van der Waals surface area contributed by atoms with Gasteiger partial charge in [0.15, 0.2) is 5.78 Å². The van der Waals surface area contributed by atoms with E-state index in [9.17, 15) is 9.59 Å². The first-order valence-electron chi connectivity index (χ1n) is 5.74. The van der Waals surface area contributed by atoms with Crippen molar-refractivity contribution in [2.45, 2.75) is 32.2 Å². The number of amides is 1. The van der Waals surface area contributed by atoms with Crippen LogP contribution in [0.15, 0.2) is 24.5 Å². The lowest BCUT2D eigenvalue weighted by Crippen LogP contribution is -2.53.